The summed E-state index contributed by atoms with van der Waals surface area (Å²) in [6.45, 7) is 1.05. The number of nitriles is 1. The van der Waals surface area contributed by atoms with Crippen LogP contribution in [0.25, 0.3) is 0 Å². The first-order chi connectivity index (χ1) is 7.19. The van der Waals surface area contributed by atoms with Gasteiger partial charge >= 0.3 is 0 Å². The molecular weight excluding hydrogens is 192 g/mol. The lowest BCUT2D eigenvalue weighted by atomic mass is 9.80. The number of ether oxygens (including phenoxy) is 1. The minimum atomic E-state index is -0.810. The van der Waals surface area contributed by atoms with Crippen molar-refractivity contribution in [2.24, 2.45) is 5.41 Å². The first-order valence-electron chi connectivity index (χ1n) is 5.46. The first-order valence-corrected chi connectivity index (χ1v) is 5.46. The number of nitrogens with zero attached hydrogens (tertiary/aromatic N) is 2. The van der Waals surface area contributed by atoms with Crippen LogP contribution in [0.4, 0.5) is 0 Å². The molecule has 0 aromatic rings. The van der Waals surface area contributed by atoms with Crippen molar-refractivity contribution in [3.8, 4) is 6.07 Å². The molecule has 1 heterocycles. The number of rotatable bonds is 2. The zero-order valence-electron chi connectivity index (χ0n) is 9.03. The lowest BCUT2D eigenvalue weighted by Crippen LogP contribution is -2.45. The van der Waals surface area contributed by atoms with Gasteiger partial charge in [-0.3, -0.25) is 4.79 Å². The Morgan fingerprint density at radius 2 is 2.07 bits per heavy atom. The van der Waals surface area contributed by atoms with Gasteiger partial charge in [0.05, 0.1) is 6.07 Å². The Kier molecular flexibility index (Phi) is 2.66. The van der Waals surface area contributed by atoms with E-state index in [4.69, 9.17) is 4.74 Å². The highest BCUT2D eigenvalue weighted by atomic mass is 16.5. The summed E-state index contributed by atoms with van der Waals surface area (Å²) in [6.07, 6.45) is 3.25. The van der Waals surface area contributed by atoms with E-state index in [-0.39, 0.29) is 5.91 Å². The third-order valence-electron chi connectivity index (χ3n) is 3.38. The second kappa shape index (κ2) is 3.82. The van der Waals surface area contributed by atoms with Gasteiger partial charge in [-0.2, -0.15) is 5.26 Å². The molecular formula is C11H16N2O2. The smallest absolute Gasteiger partial charge is 0.243 e. The molecule has 0 radical (unpaired) electrons. The fourth-order valence-corrected chi connectivity index (χ4v) is 2.06. The van der Waals surface area contributed by atoms with E-state index in [1.165, 1.54) is 0 Å². The Hall–Kier alpha value is -1.08. The zero-order valence-corrected chi connectivity index (χ0v) is 9.03. The molecule has 1 saturated heterocycles. The van der Waals surface area contributed by atoms with Gasteiger partial charge in [0.15, 0.2) is 0 Å². The van der Waals surface area contributed by atoms with Crippen molar-refractivity contribution < 1.29 is 9.53 Å². The van der Waals surface area contributed by atoms with Crippen molar-refractivity contribution >= 4 is 5.91 Å². The Morgan fingerprint density at radius 1 is 1.47 bits per heavy atom. The molecule has 0 bridgehead atoms. The number of hydrogen-bond acceptors (Lipinski definition) is 3. The summed E-state index contributed by atoms with van der Waals surface area (Å²) in [5, 5.41) is 9.21. The summed E-state index contributed by atoms with van der Waals surface area (Å²) < 4.78 is 5.21. The molecule has 4 heteroatoms. The minimum absolute atomic E-state index is 0.00389. The van der Waals surface area contributed by atoms with Crippen LogP contribution in [0.15, 0.2) is 0 Å². The highest BCUT2D eigenvalue weighted by molar-refractivity contribution is 5.85. The van der Waals surface area contributed by atoms with Crippen molar-refractivity contribution in [1.82, 2.24) is 4.90 Å². The second-order valence-electron chi connectivity index (χ2n) is 4.45. The first kappa shape index (κ1) is 10.4. The van der Waals surface area contributed by atoms with Gasteiger partial charge in [0.1, 0.15) is 5.41 Å². The van der Waals surface area contributed by atoms with Gasteiger partial charge < -0.3 is 9.64 Å². The van der Waals surface area contributed by atoms with E-state index < -0.39 is 5.41 Å². The fraction of sp³-hybridized carbons (Fsp3) is 0.818. The molecule has 2 rings (SSSR count). The van der Waals surface area contributed by atoms with Crippen LogP contribution in [0, 0.1) is 16.7 Å². The third-order valence-corrected chi connectivity index (χ3v) is 3.38. The Labute approximate surface area is 89.8 Å². The number of amides is 1. The summed E-state index contributed by atoms with van der Waals surface area (Å²) >= 11 is 0. The molecule has 0 atom stereocenters. The molecule has 1 amide bonds. The Balaban J connectivity index is 2.10. The SMILES string of the molecule is CN(C(=O)C1(C#N)CCOCC1)C1CC1. The van der Waals surface area contributed by atoms with Crippen molar-refractivity contribution in [3.63, 3.8) is 0 Å². The van der Waals surface area contributed by atoms with Crippen LogP contribution in [-0.4, -0.2) is 37.1 Å². The summed E-state index contributed by atoms with van der Waals surface area (Å²) in [6, 6.07) is 2.59. The molecule has 0 aromatic heterocycles. The number of carbonyl (C=O) groups is 1. The van der Waals surface area contributed by atoms with Crippen LogP contribution in [-0.2, 0) is 9.53 Å². The van der Waals surface area contributed by atoms with Gasteiger partial charge in [0.25, 0.3) is 0 Å². The van der Waals surface area contributed by atoms with Gasteiger partial charge in [-0.05, 0) is 25.7 Å². The summed E-state index contributed by atoms with van der Waals surface area (Å²) in [7, 11) is 1.81. The average molecular weight is 208 g/mol. The largest absolute Gasteiger partial charge is 0.381 e. The normalized spacial score (nSPS) is 24.3. The maximum atomic E-state index is 12.2. The van der Waals surface area contributed by atoms with Gasteiger partial charge in [0, 0.05) is 26.3 Å². The van der Waals surface area contributed by atoms with Crippen LogP contribution >= 0.6 is 0 Å². The van der Waals surface area contributed by atoms with Gasteiger partial charge in [-0.1, -0.05) is 0 Å². The molecule has 4 nitrogen and oxygen atoms in total. The van der Waals surface area contributed by atoms with Crippen molar-refractivity contribution in [3.05, 3.63) is 0 Å². The second-order valence-corrected chi connectivity index (χ2v) is 4.45. The average Bonchev–Trinajstić information content (AvgIpc) is 3.12. The van der Waals surface area contributed by atoms with Crippen LogP contribution < -0.4 is 0 Å². The zero-order chi connectivity index (χ0) is 10.9. The summed E-state index contributed by atoms with van der Waals surface area (Å²) in [5.74, 6) is -0.00389. The van der Waals surface area contributed by atoms with Crippen molar-refractivity contribution in [2.75, 3.05) is 20.3 Å². The van der Waals surface area contributed by atoms with Crippen LogP contribution in [0.2, 0.25) is 0 Å². The fourth-order valence-electron chi connectivity index (χ4n) is 2.06. The van der Waals surface area contributed by atoms with E-state index in [9.17, 15) is 10.1 Å². The van der Waals surface area contributed by atoms with E-state index in [0.717, 1.165) is 12.8 Å². The highest BCUT2D eigenvalue weighted by Gasteiger charge is 2.45. The molecule has 2 aliphatic rings. The maximum Gasteiger partial charge on any atom is 0.243 e. The van der Waals surface area contributed by atoms with Crippen LogP contribution in [0.3, 0.4) is 0 Å². The lowest BCUT2D eigenvalue weighted by molar-refractivity contribution is -0.142. The van der Waals surface area contributed by atoms with E-state index in [0.29, 0.717) is 32.1 Å². The van der Waals surface area contributed by atoms with Crippen molar-refractivity contribution in [2.45, 2.75) is 31.7 Å². The van der Waals surface area contributed by atoms with E-state index in [2.05, 4.69) is 6.07 Å². The van der Waals surface area contributed by atoms with E-state index in [1.54, 1.807) is 4.90 Å². The monoisotopic (exact) mass is 208 g/mol. The third kappa shape index (κ3) is 1.84. The molecule has 1 saturated carbocycles. The van der Waals surface area contributed by atoms with Crippen LogP contribution in [0.1, 0.15) is 25.7 Å². The Morgan fingerprint density at radius 3 is 2.53 bits per heavy atom. The standard InChI is InChI=1S/C11H16N2O2/c1-13(9-2-3-9)10(14)11(8-12)4-6-15-7-5-11/h9H,2-7H2,1H3. The summed E-state index contributed by atoms with van der Waals surface area (Å²) in [4.78, 5) is 13.9. The topological polar surface area (TPSA) is 53.3 Å². The molecule has 1 aliphatic carbocycles. The Bertz CT molecular complexity index is 298. The molecule has 1 aliphatic heterocycles. The maximum absolute atomic E-state index is 12.2. The molecule has 82 valence electrons. The molecule has 0 aromatic carbocycles. The predicted octanol–water partition coefficient (Wildman–Crippen LogP) is 0.928. The highest BCUT2D eigenvalue weighted by Crippen LogP contribution is 2.35. The quantitative estimate of drug-likeness (QED) is 0.678. The molecule has 0 spiro atoms. The predicted molar refractivity (Wildman–Crippen MR) is 53.9 cm³/mol. The van der Waals surface area contributed by atoms with Crippen molar-refractivity contribution in [1.29, 1.82) is 5.26 Å². The molecule has 2 fully saturated rings. The van der Waals surface area contributed by atoms with E-state index >= 15 is 0 Å². The molecule has 0 N–H and O–H groups in total. The lowest BCUT2D eigenvalue weighted by Gasteiger charge is -2.33. The molecule has 0 unspecified atom stereocenters. The van der Waals surface area contributed by atoms with Gasteiger partial charge in [0.2, 0.25) is 5.91 Å². The van der Waals surface area contributed by atoms with Gasteiger partial charge in [-0.15, -0.1) is 0 Å². The molecule has 15 heavy (non-hydrogen) atoms. The number of hydrogen-bond donors (Lipinski definition) is 0. The minimum Gasteiger partial charge on any atom is -0.381 e. The van der Waals surface area contributed by atoms with E-state index in [1.807, 2.05) is 7.05 Å². The summed E-state index contributed by atoms with van der Waals surface area (Å²) in [5.41, 5.74) is -0.810. The number of carbonyl (C=O) groups excluding carboxylic acids is 1. The van der Waals surface area contributed by atoms with Crippen LogP contribution in [0.5, 0.6) is 0 Å². The van der Waals surface area contributed by atoms with Gasteiger partial charge in [-0.25, -0.2) is 0 Å².